The van der Waals surface area contributed by atoms with Gasteiger partial charge >= 0.3 is 0 Å². The van der Waals surface area contributed by atoms with Crippen molar-refractivity contribution in [2.45, 2.75) is 12.5 Å². The maximum atomic E-state index is 4.59. The first kappa shape index (κ1) is 10.7. The van der Waals surface area contributed by atoms with E-state index < -0.39 is 0 Å². The van der Waals surface area contributed by atoms with Crippen molar-refractivity contribution in [1.82, 2.24) is 20.3 Å². The van der Waals surface area contributed by atoms with Crippen molar-refractivity contribution in [3.63, 3.8) is 0 Å². The van der Waals surface area contributed by atoms with Crippen LogP contribution in [0.4, 0.5) is 0 Å². The van der Waals surface area contributed by atoms with Crippen molar-refractivity contribution in [1.29, 1.82) is 0 Å². The van der Waals surface area contributed by atoms with Crippen LogP contribution < -0.4 is 5.32 Å². The Bertz CT molecular complexity index is 732. The number of pyridine rings is 1. The van der Waals surface area contributed by atoms with Gasteiger partial charge in [0.05, 0.1) is 23.8 Å². The van der Waals surface area contributed by atoms with Crippen LogP contribution in [0.15, 0.2) is 42.9 Å². The number of rotatable bonds is 1. The van der Waals surface area contributed by atoms with Gasteiger partial charge < -0.3 is 10.3 Å². The first-order chi connectivity index (χ1) is 9.42. The molecule has 1 unspecified atom stereocenters. The molecule has 1 aromatic carbocycles. The topological polar surface area (TPSA) is 53.6 Å². The maximum absolute atomic E-state index is 4.59. The lowest BCUT2D eigenvalue weighted by Gasteiger charge is -2.22. The van der Waals surface area contributed by atoms with Crippen LogP contribution >= 0.6 is 0 Å². The molecule has 4 rings (SSSR count). The van der Waals surface area contributed by atoms with Gasteiger partial charge in [-0.25, -0.2) is 4.98 Å². The van der Waals surface area contributed by atoms with Crippen molar-refractivity contribution in [2.24, 2.45) is 0 Å². The second-order valence-corrected chi connectivity index (χ2v) is 4.86. The fourth-order valence-electron chi connectivity index (χ4n) is 2.72. The fourth-order valence-corrected chi connectivity index (χ4v) is 2.72. The fraction of sp³-hybridized carbons (Fsp3) is 0.200. The van der Waals surface area contributed by atoms with Gasteiger partial charge in [0.15, 0.2) is 0 Å². The number of nitrogens with zero attached hydrogens (tertiary/aromatic N) is 2. The Morgan fingerprint density at radius 2 is 2.00 bits per heavy atom. The highest BCUT2D eigenvalue weighted by Gasteiger charge is 2.24. The number of aromatic nitrogens is 3. The van der Waals surface area contributed by atoms with Crippen molar-refractivity contribution < 1.29 is 0 Å². The summed E-state index contributed by atoms with van der Waals surface area (Å²) >= 11 is 0. The van der Waals surface area contributed by atoms with E-state index in [1.54, 1.807) is 6.33 Å². The molecule has 0 fully saturated rings. The predicted molar refractivity (Wildman–Crippen MR) is 73.9 cm³/mol. The van der Waals surface area contributed by atoms with Crippen LogP contribution in [-0.2, 0) is 6.42 Å². The van der Waals surface area contributed by atoms with Crippen LogP contribution in [0.25, 0.3) is 10.8 Å². The van der Waals surface area contributed by atoms with Crippen molar-refractivity contribution >= 4 is 10.8 Å². The Balaban J connectivity index is 1.83. The molecule has 94 valence electrons. The number of imidazole rings is 1. The molecule has 1 aliphatic rings. The summed E-state index contributed by atoms with van der Waals surface area (Å²) < 4.78 is 0. The average Bonchev–Trinajstić information content (AvgIpc) is 2.95. The molecular formula is C15H14N4. The van der Waals surface area contributed by atoms with Gasteiger partial charge in [0, 0.05) is 30.2 Å². The van der Waals surface area contributed by atoms with E-state index in [0.717, 1.165) is 24.4 Å². The molecule has 1 atom stereocenters. The second-order valence-electron chi connectivity index (χ2n) is 4.86. The van der Waals surface area contributed by atoms with Crippen LogP contribution in [0.2, 0.25) is 0 Å². The summed E-state index contributed by atoms with van der Waals surface area (Å²) in [7, 11) is 0. The molecule has 0 saturated heterocycles. The van der Waals surface area contributed by atoms with Crippen molar-refractivity contribution in [3.8, 4) is 0 Å². The van der Waals surface area contributed by atoms with Crippen LogP contribution in [0, 0.1) is 0 Å². The highest BCUT2D eigenvalue weighted by Crippen LogP contribution is 2.26. The molecule has 0 aliphatic carbocycles. The molecule has 0 amide bonds. The van der Waals surface area contributed by atoms with Gasteiger partial charge in [-0.1, -0.05) is 24.3 Å². The van der Waals surface area contributed by atoms with E-state index >= 15 is 0 Å². The third kappa shape index (κ3) is 1.72. The molecule has 4 heteroatoms. The lowest BCUT2D eigenvalue weighted by Crippen LogP contribution is -2.31. The number of aromatic amines is 1. The largest absolute Gasteiger partial charge is 0.348 e. The van der Waals surface area contributed by atoms with Gasteiger partial charge in [-0.15, -0.1) is 0 Å². The molecule has 2 N–H and O–H groups in total. The molecule has 0 saturated carbocycles. The number of hydrogen-bond donors (Lipinski definition) is 2. The highest BCUT2D eigenvalue weighted by atomic mass is 15.0. The lowest BCUT2D eigenvalue weighted by atomic mass is 10.0. The molecule has 2 aromatic heterocycles. The zero-order valence-corrected chi connectivity index (χ0v) is 10.4. The number of fused-ring (bicyclic) bond motifs is 2. The smallest absolute Gasteiger partial charge is 0.0943 e. The van der Waals surface area contributed by atoms with Crippen molar-refractivity contribution in [2.75, 3.05) is 6.54 Å². The van der Waals surface area contributed by atoms with Gasteiger partial charge in [-0.05, 0) is 11.5 Å². The van der Waals surface area contributed by atoms with E-state index in [1.807, 2.05) is 12.3 Å². The van der Waals surface area contributed by atoms with Crippen LogP contribution in [0.5, 0.6) is 0 Å². The molecule has 0 spiro atoms. The molecule has 19 heavy (non-hydrogen) atoms. The Morgan fingerprint density at radius 1 is 1.11 bits per heavy atom. The van der Waals surface area contributed by atoms with Crippen LogP contribution in [0.1, 0.15) is 23.1 Å². The summed E-state index contributed by atoms with van der Waals surface area (Å²) in [4.78, 5) is 12.2. The minimum Gasteiger partial charge on any atom is -0.348 e. The van der Waals surface area contributed by atoms with Gasteiger partial charge in [-0.3, -0.25) is 4.98 Å². The summed E-state index contributed by atoms with van der Waals surface area (Å²) in [6.45, 7) is 0.953. The maximum Gasteiger partial charge on any atom is 0.0943 e. The molecular weight excluding hydrogens is 236 g/mol. The third-order valence-electron chi connectivity index (χ3n) is 3.70. The van der Waals surface area contributed by atoms with Crippen molar-refractivity contribution in [3.05, 3.63) is 59.9 Å². The lowest BCUT2D eigenvalue weighted by molar-refractivity contribution is 0.543. The molecule has 4 nitrogen and oxygen atoms in total. The van der Waals surface area contributed by atoms with E-state index in [-0.39, 0.29) is 6.04 Å². The Kier molecular flexibility index (Phi) is 2.35. The molecule has 0 bridgehead atoms. The van der Waals surface area contributed by atoms with Crippen LogP contribution in [0.3, 0.4) is 0 Å². The van der Waals surface area contributed by atoms with Gasteiger partial charge in [0.1, 0.15) is 0 Å². The minimum absolute atomic E-state index is 0.0969. The minimum atomic E-state index is 0.0969. The number of H-pyrrole nitrogens is 1. The standard InChI is InChI=1S/C15H14N4/c1-2-4-11-8-17-13(7-10(11)3-1)15-14-12(5-6-16-15)18-9-19-14/h1-4,7-9,15-16H,5-6H2,(H,18,19). The summed E-state index contributed by atoms with van der Waals surface area (Å²) in [6.07, 6.45) is 4.71. The number of hydrogen-bond acceptors (Lipinski definition) is 3. The molecule has 0 radical (unpaired) electrons. The van der Waals surface area contributed by atoms with Gasteiger partial charge in [0.2, 0.25) is 0 Å². The molecule has 3 aromatic rings. The predicted octanol–water partition coefficient (Wildman–Crippen LogP) is 2.19. The Labute approximate surface area is 110 Å². The highest BCUT2D eigenvalue weighted by molar-refractivity contribution is 5.81. The summed E-state index contributed by atoms with van der Waals surface area (Å²) in [5, 5.41) is 5.89. The van der Waals surface area contributed by atoms with E-state index in [9.17, 15) is 0 Å². The SMILES string of the molecule is c1ccc2cc(C3NCCc4[nH]cnc43)ncc2c1. The average molecular weight is 250 g/mol. The Hall–Kier alpha value is -2.20. The van der Waals surface area contributed by atoms with Gasteiger partial charge in [0.25, 0.3) is 0 Å². The van der Waals surface area contributed by atoms with Crippen LogP contribution in [-0.4, -0.2) is 21.5 Å². The normalized spacial score (nSPS) is 18.4. The zero-order chi connectivity index (χ0) is 12.7. The molecule has 1 aliphatic heterocycles. The zero-order valence-electron chi connectivity index (χ0n) is 10.4. The van der Waals surface area contributed by atoms with E-state index in [4.69, 9.17) is 0 Å². The number of benzene rings is 1. The summed E-state index contributed by atoms with van der Waals surface area (Å²) in [5.41, 5.74) is 3.33. The Morgan fingerprint density at radius 3 is 2.95 bits per heavy atom. The molecule has 3 heterocycles. The van der Waals surface area contributed by atoms with E-state index in [0.29, 0.717) is 0 Å². The number of nitrogens with one attached hydrogen (secondary N) is 2. The summed E-state index contributed by atoms with van der Waals surface area (Å²) in [6, 6.07) is 10.5. The second kappa shape index (κ2) is 4.17. The van der Waals surface area contributed by atoms with E-state index in [1.165, 1.54) is 16.5 Å². The third-order valence-corrected chi connectivity index (χ3v) is 3.70. The first-order valence-electron chi connectivity index (χ1n) is 6.52. The van der Waals surface area contributed by atoms with E-state index in [2.05, 4.69) is 44.5 Å². The summed E-state index contributed by atoms with van der Waals surface area (Å²) in [5.74, 6) is 0. The quantitative estimate of drug-likeness (QED) is 0.696. The first-order valence-corrected chi connectivity index (χ1v) is 6.52. The van der Waals surface area contributed by atoms with Gasteiger partial charge in [-0.2, -0.15) is 0 Å². The monoisotopic (exact) mass is 250 g/mol.